The fourth-order valence-electron chi connectivity index (χ4n) is 3.77. The summed E-state index contributed by atoms with van der Waals surface area (Å²) in [4.78, 5) is 34.1. The highest BCUT2D eigenvalue weighted by atomic mass is 35.5. The zero-order valence-electron chi connectivity index (χ0n) is 16.7. The Hall–Kier alpha value is -2.90. The van der Waals surface area contributed by atoms with E-state index in [4.69, 9.17) is 16.6 Å². The normalized spacial score (nSPS) is 15.3. The zero-order chi connectivity index (χ0) is 21.1. The summed E-state index contributed by atoms with van der Waals surface area (Å²) in [7, 11) is 1.34. The molecule has 0 aliphatic carbocycles. The van der Waals surface area contributed by atoms with Gasteiger partial charge in [-0.3, -0.25) is 9.69 Å². The first-order chi connectivity index (χ1) is 14.5. The van der Waals surface area contributed by atoms with Gasteiger partial charge < -0.3 is 15.0 Å². The van der Waals surface area contributed by atoms with Crippen molar-refractivity contribution >= 4 is 40.2 Å². The van der Waals surface area contributed by atoms with Crippen LogP contribution in [0.5, 0.6) is 0 Å². The van der Waals surface area contributed by atoms with Crippen LogP contribution in [-0.4, -0.2) is 53.5 Å². The van der Waals surface area contributed by atoms with E-state index in [1.807, 2.05) is 18.2 Å². The molecule has 1 fully saturated rings. The molecule has 1 aromatic heterocycles. The molecule has 1 saturated heterocycles. The molecule has 2 N–H and O–H groups in total. The molecule has 0 spiro atoms. The van der Waals surface area contributed by atoms with E-state index >= 15 is 0 Å². The number of fused-ring (bicyclic) bond motifs is 1. The van der Waals surface area contributed by atoms with Crippen LogP contribution in [-0.2, 0) is 9.53 Å². The van der Waals surface area contributed by atoms with Crippen molar-refractivity contribution in [2.75, 3.05) is 32.1 Å². The summed E-state index contributed by atoms with van der Waals surface area (Å²) in [5.41, 5.74) is 2.99. The number of piperidine rings is 1. The lowest BCUT2D eigenvalue weighted by atomic mass is 9.96. The molecule has 0 saturated carbocycles. The predicted molar refractivity (Wildman–Crippen MR) is 116 cm³/mol. The van der Waals surface area contributed by atoms with E-state index in [1.165, 1.54) is 7.11 Å². The second kappa shape index (κ2) is 8.85. The topological polar surface area (TPSA) is 87.3 Å². The molecule has 156 valence electrons. The van der Waals surface area contributed by atoms with Crippen molar-refractivity contribution in [2.24, 2.45) is 0 Å². The number of nitrogens with one attached hydrogen (secondary N) is 2. The van der Waals surface area contributed by atoms with Crippen LogP contribution in [0.15, 0.2) is 42.5 Å². The number of likely N-dealkylation sites (tertiary alicyclic amines) is 1. The van der Waals surface area contributed by atoms with Gasteiger partial charge in [-0.25, -0.2) is 9.78 Å². The van der Waals surface area contributed by atoms with Crippen LogP contribution >= 0.6 is 11.6 Å². The van der Waals surface area contributed by atoms with Crippen molar-refractivity contribution < 1.29 is 14.3 Å². The quantitative estimate of drug-likeness (QED) is 0.605. The van der Waals surface area contributed by atoms with Crippen molar-refractivity contribution in [1.29, 1.82) is 0 Å². The van der Waals surface area contributed by atoms with Gasteiger partial charge in [0.1, 0.15) is 5.82 Å². The summed E-state index contributed by atoms with van der Waals surface area (Å²) < 4.78 is 4.68. The number of aromatic amines is 1. The number of carbonyl (C=O) groups is 2. The fourth-order valence-corrected chi connectivity index (χ4v) is 3.94. The molecule has 4 rings (SSSR count). The average Bonchev–Trinajstić information content (AvgIpc) is 3.17. The maximum atomic E-state index is 12.4. The number of carbonyl (C=O) groups excluding carboxylic acids is 2. The minimum absolute atomic E-state index is 0.0716. The lowest BCUT2D eigenvalue weighted by Crippen LogP contribution is -2.38. The smallest absolute Gasteiger partial charge is 0.337 e. The Morgan fingerprint density at radius 2 is 1.93 bits per heavy atom. The molecular formula is C22H23ClN4O3. The minimum Gasteiger partial charge on any atom is -0.465 e. The predicted octanol–water partition coefficient (Wildman–Crippen LogP) is 3.82. The standard InChI is InChI=1S/C22H23ClN4O3/c1-30-22(29)15-2-5-17(6-3-15)24-20(28)13-27-10-8-14(9-11-27)21-25-18-7-4-16(23)12-19(18)26-21/h2-7,12,14H,8-11,13H2,1H3,(H,24,28)(H,25,26). The third kappa shape index (κ3) is 4.63. The van der Waals surface area contributed by atoms with Crippen molar-refractivity contribution in [3.8, 4) is 0 Å². The van der Waals surface area contributed by atoms with Gasteiger partial charge in [-0.2, -0.15) is 0 Å². The summed E-state index contributed by atoms with van der Waals surface area (Å²) in [6.07, 6.45) is 1.88. The van der Waals surface area contributed by atoms with Gasteiger partial charge in [-0.15, -0.1) is 0 Å². The van der Waals surface area contributed by atoms with Crippen molar-refractivity contribution in [3.05, 3.63) is 58.9 Å². The number of nitrogens with zero attached hydrogens (tertiary/aromatic N) is 2. The number of methoxy groups -OCH3 is 1. The number of amides is 1. The summed E-state index contributed by atoms with van der Waals surface area (Å²) in [5.74, 6) is 0.865. The van der Waals surface area contributed by atoms with E-state index in [1.54, 1.807) is 24.3 Å². The Balaban J connectivity index is 1.28. The molecule has 2 aromatic carbocycles. The third-order valence-corrected chi connectivity index (χ3v) is 5.63. The van der Waals surface area contributed by atoms with Gasteiger partial charge in [0.2, 0.25) is 5.91 Å². The van der Waals surface area contributed by atoms with Crippen LogP contribution in [0.1, 0.15) is 34.9 Å². The summed E-state index contributed by atoms with van der Waals surface area (Å²) >= 11 is 6.05. The summed E-state index contributed by atoms with van der Waals surface area (Å²) in [6.45, 7) is 2.00. The lowest BCUT2D eigenvalue weighted by Gasteiger charge is -2.30. The fraction of sp³-hybridized carbons (Fsp3) is 0.318. The number of hydrogen-bond donors (Lipinski definition) is 2. The summed E-state index contributed by atoms with van der Waals surface area (Å²) in [5, 5.41) is 3.57. The molecular weight excluding hydrogens is 404 g/mol. The van der Waals surface area contributed by atoms with E-state index in [2.05, 4.69) is 19.9 Å². The second-order valence-corrected chi connectivity index (χ2v) is 7.89. The van der Waals surface area contributed by atoms with E-state index in [0.29, 0.717) is 28.7 Å². The summed E-state index contributed by atoms with van der Waals surface area (Å²) in [6, 6.07) is 12.3. The van der Waals surface area contributed by atoms with E-state index in [0.717, 1.165) is 42.8 Å². The van der Waals surface area contributed by atoms with Crippen molar-refractivity contribution in [1.82, 2.24) is 14.9 Å². The number of hydrogen-bond acceptors (Lipinski definition) is 5. The first-order valence-corrected chi connectivity index (χ1v) is 10.3. The highest BCUT2D eigenvalue weighted by Crippen LogP contribution is 2.28. The largest absolute Gasteiger partial charge is 0.465 e. The molecule has 30 heavy (non-hydrogen) atoms. The number of H-pyrrole nitrogens is 1. The molecule has 0 atom stereocenters. The van der Waals surface area contributed by atoms with Gasteiger partial charge in [-0.1, -0.05) is 11.6 Å². The number of imidazole rings is 1. The first-order valence-electron chi connectivity index (χ1n) is 9.87. The van der Waals surface area contributed by atoms with Crippen LogP contribution in [0, 0.1) is 0 Å². The number of anilines is 1. The molecule has 1 aliphatic rings. The van der Waals surface area contributed by atoms with Crippen LogP contribution < -0.4 is 5.32 Å². The van der Waals surface area contributed by atoms with Gasteiger partial charge in [0.15, 0.2) is 0 Å². The molecule has 0 radical (unpaired) electrons. The van der Waals surface area contributed by atoms with Gasteiger partial charge in [-0.05, 0) is 68.4 Å². The Morgan fingerprint density at radius 3 is 2.63 bits per heavy atom. The van der Waals surface area contributed by atoms with Crippen molar-refractivity contribution in [2.45, 2.75) is 18.8 Å². The number of aromatic nitrogens is 2. The SMILES string of the molecule is COC(=O)c1ccc(NC(=O)CN2CCC(c3nc4ccc(Cl)cc4[nH]3)CC2)cc1. The monoisotopic (exact) mass is 426 g/mol. The Bertz CT molecular complexity index is 1060. The number of rotatable bonds is 5. The molecule has 0 bridgehead atoms. The van der Waals surface area contributed by atoms with E-state index in [-0.39, 0.29) is 5.91 Å². The zero-order valence-corrected chi connectivity index (χ0v) is 17.4. The maximum absolute atomic E-state index is 12.4. The van der Waals surface area contributed by atoms with Gasteiger partial charge >= 0.3 is 5.97 Å². The number of benzene rings is 2. The Labute approximate surface area is 179 Å². The van der Waals surface area contributed by atoms with E-state index in [9.17, 15) is 9.59 Å². The highest BCUT2D eigenvalue weighted by molar-refractivity contribution is 6.31. The first kappa shape index (κ1) is 20.4. The van der Waals surface area contributed by atoms with Crippen LogP contribution in [0.3, 0.4) is 0 Å². The molecule has 3 aromatic rings. The molecule has 7 nitrogen and oxygen atoms in total. The lowest BCUT2D eigenvalue weighted by molar-refractivity contribution is -0.117. The third-order valence-electron chi connectivity index (χ3n) is 5.39. The van der Waals surface area contributed by atoms with Crippen molar-refractivity contribution in [3.63, 3.8) is 0 Å². The maximum Gasteiger partial charge on any atom is 0.337 e. The van der Waals surface area contributed by atoms with Gasteiger partial charge in [0, 0.05) is 16.6 Å². The molecule has 8 heteroatoms. The molecule has 2 heterocycles. The Kier molecular flexibility index (Phi) is 6.01. The number of ether oxygens (including phenoxy) is 1. The molecule has 1 amide bonds. The average molecular weight is 427 g/mol. The minimum atomic E-state index is -0.400. The van der Waals surface area contributed by atoms with Crippen LogP contribution in [0.2, 0.25) is 5.02 Å². The van der Waals surface area contributed by atoms with Crippen LogP contribution in [0.25, 0.3) is 11.0 Å². The van der Waals surface area contributed by atoms with Crippen LogP contribution in [0.4, 0.5) is 5.69 Å². The number of halogens is 1. The van der Waals surface area contributed by atoms with Gasteiger partial charge in [0.25, 0.3) is 0 Å². The molecule has 0 unspecified atom stereocenters. The second-order valence-electron chi connectivity index (χ2n) is 7.45. The number of esters is 1. The van der Waals surface area contributed by atoms with E-state index < -0.39 is 5.97 Å². The molecule has 1 aliphatic heterocycles. The van der Waals surface area contributed by atoms with Gasteiger partial charge in [0.05, 0.1) is 30.3 Å². The highest BCUT2D eigenvalue weighted by Gasteiger charge is 2.24. The Morgan fingerprint density at radius 1 is 1.20 bits per heavy atom.